The van der Waals surface area contributed by atoms with Gasteiger partial charge >= 0.3 is 5.97 Å². The zero-order chi connectivity index (χ0) is 25.1. The zero-order valence-corrected chi connectivity index (χ0v) is 21.9. The number of thioether (sulfide) groups is 1. The van der Waals surface area contributed by atoms with E-state index in [1.54, 1.807) is 11.8 Å². The predicted octanol–water partition coefficient (Wildman–Crippen LogP) is 6.40. The number of rotatable bonds is 7. The van der Waals surface area contributed by atoms with E-state index < -0.39 is 6.04 Å². The SMILES string of the molecule is COc1ccccc1C1C(C(=O)OC2CCCCC2)=C(C)Nc2nc(SCc3ccccc3Cl)nn21. The largest absolute Gasteiger partial charge is 0.496 e. The third-order valence-corrected chi connectivity index (χ3v) is 7.88. The lowest BCUT2D eigenvalue weighted by molar-refractivity contribution is -0.146. The van der Waals surface area contributed by atoms with Crippen molar-refractivity contribution in [2.75, 3.05) is 12.4 Å². The summed E-state index contributed by atoms with van der Waals surface area (Å²) < 4.78 is 13.4. The molecular weight excluding hydrogens is 496 g/mol. The van der Waals surface area contributed by atoms with Crippen molar-refractivity contribution in [2.45, 2.75) is 62.1 Å². The second-order valence-corrected chi connectivity index (χ2v) is 10.4. The van der Waals surface area contributed by atoms with Gasteiger partial charge in [-0.2, -0.15) is 4.98 Å². The molecule has 9 heteroatoms. The van der Waals surface area contributed by atoms with Gasteiger partial charge in [-0.05, 0) is 50.3 Å². The molecule has 1 N–H and O–H groups in total. The van der Waals surface area contributed by atoms with Crippen LogP contribution in [0.25, 0.3) is 0 Å². The van der Waals surface area contributed by atoms with Crippen LogP contribution in [0.5, 0.6) is 5.75 Å². The Morgan fingerprint density at radius 3 is 2.67 bits per heavy atom. The highest BCUT2D eigenvalue weighted by molar-refractivity contribution is 7.98. The molecule has 7 nitrogen and oxygen atoms in total. The highest BCUT2D eigenvalue weighted by Gasteiger charge is 2.37. The highest BCUT2D eigenvalue weighted by Crippen LogP contribution is 2.41. The lowest BCUT2D eigenvalue weighted by Crippen LogP contribution is -2.32. The molecule has 2 heterocycles. The summed E-state index contributed by atoms with van der Waals surface area (Å²) in [6.07, 6.45) is 5.12. The second-order valence-electron chi connectivity index (χ2n) is 9.02. The number of methoxy groups -OCH3 is 1. The van der Waals surface area contributed by atoms with Crippen LogP contribution < -0.4 is 10.1 Å². The Kier molecular flexibility index (Phi) is 7.53. The predicted molar refractivity (Wildman–Crippen MR) is 141 cm³/mol. The Balaban J connectivity index is 1.49. The third kappa shape index (κ3) is 5.11. The maximum atomic E-state index is 13.6. The summed E-state index contributed by atoms with van der Waals surface area (Å²) in [6.45, 7) is 1.88. The summed E-state index contributed by atoms with van der Waals surface area (Å²) >= 11 is 7.83. The molecule has 1 fully saturated rings. The Labute approximate surface area is 220 Å². The molecule has 1 aliphatic carbocycles. The highest BCUT2D eigenvalue weighted by atomic mass is 35.5. The van der Waals surface area contributed by atoms with Crippen LogP contribution in [0.3, 0.4) is 0 Å². The second kappa shape index (κ2) is 11.0. The normalized spacial score (nSPS) is 17.9. The number of allylic oxidation sites excluding steroid dienone is 1. The van der Waals surface area contributed by atoms with E-state index in [1.807, 2.05) is 55.5 Å². The number of nitrogens with zero attached hydrogens (tertiary/aromatic N) is 3. The van der Waals surface area contributed by atoms with E-state index in [0.29, 0.717) is 38.9 Å². The van der Waals surface area contributed by atoms with Gasteiger partial charge in [0.25, 0.3) is 0 Å². The first kappa shape index (κ1) is 24.7. The molecule has 188 valence electrons. The number of hydrogen-bond donors (Lipinski definition) is 1. The number of ether oxygens (including phenoxy) is 2. The quantitative estimate of drug-likeness (QED) is 0.283. The number of halogens is 1. The molecule has 0 spiro atoms. The fourth-order valence-electron chi connectivity index (χ4n) is 4.79. The number of benzene rings is 2. The van der Waals surface area contributed by atoms with Crippen LogP contribution in [0.1, 0.15) is 56.2 Å². The van der Waals surface area contributed by atoms with E-state index >= 15 is 0 Å². The van der Waals surface area contributed by atoms with Crippen LogP contribution in [-0.4, -0.2) is 33.9 Å². The van der Waals surface area contributed by atoms with Crippen molar-refractivity contribution in [2.24, 2.45) is 0 Å². The van der Waals surface area contributed by atoms with Crippen molar-refractivity contribution < 1.29 is 14.3 Å². The number of anilines is 1. The topological polar surface area (TPSA) is 78.3 Å². The van der Waals surface area contributed by atoms with Crippen LogP contribution in [0.2, 0.25) is 5.02 Å². The molecule has 2 aliphatic rings. The molecule has 3 aromatic rings. The fourth-order valence-corrected chi connectivity index (χ4v) is 5.91. The minimum atomic E-state index is -0.532. The first-order valence-corrected chi connectivity index (χ1v) is 13.6. The molecule has 1 aliphatic heterocycles. The molecule has 0 amide bonds. The van der Waals surface area contributed by atoms with Gasteiger partial charge in [0.15, 0.2) is 0 Å². The average Bonchev–Trinajstić information content (AvgIpc) is 3.30. The molecule has 0 bridgehead atoms. The lowest BCUT2D eigenvalue weighted by Gasteiger charge is -2.30. The molecule has 0 saturated heterocycles. The fraction of sp³-hybridized carbons (Fsp3) is 0.370. The summed E-state index contributed by atoms with van der Waals surface area (Å²) in [5, 5.41) is 9.39. The molecule has 2 aromatic carbocycles. The summed E-state index contributed by atoms with van der Waals surface area (Å²) in [4.78, 5) is 18.3. The summed E-state index contributed by atoms with van der Waals surface area (Å²) in [5.74, 6) is 1.55. The molecule has 1 atom stereocenters. The van der Waals surface area contributed by atoms with E-state index in [-0.39, 0.29) is 12.1 Å². The zero-order valence-electron chi connectivity index (χ0n) is 20.4. The molecule has 5 rings (SSSR count). The van der Waals surface area contributed by atoms with Crippen molar-refractivity contribution in [3.05, 3.63) is 76.0 Å². The number of hydrogen-bond acceptors (Lipinski definition) is 7. The maximum Gasteiger partial charge on any atom is 0.338 e. The number of nitrogens with one attached hydrogen (secondary N) is 1. The summed E-state index contributed by atoms with van der Waals surface area (Å²) in [6, 6.07) is 14.9. The van der Waals surface area contributed by atoms with Crippen molar-refractivity contribution in [3.63, 3.8) is 0 Å². The van der Waals surface area contributed by atoms with E-state index in [1.165, 1.54) is 18.2 Å². The van der Waals surface area contributed by atoms with Crippen molar-refractivity contribution in [1.82, 2.24) is 14.8 Å². The number of fused-ring (bicyclic) bond motifs is 1. The van der Waals surface area contributed by atoms with Crippen LogP contribution in [0.15, 0.2) is 65.0 Å². The number of esters is 1. The van der Waals surface area contributed by atoms with Gasteiger partial charge in [0.2, 0.25) is 11.1 Å². The minimum absolute atomic E-state index is 0.0521. The summed E-state index contributed by atoms with van der Waals surface area (Å²) in [7, 11) is 1.63. The van der Waals surface area contributed by atoms with Gasteiger partial charge in [-0.3, -0.25) is 0 Å². The van der Waals surface area contributed by atoms with Crippen molar-refractivity contribution >= 4 is 35.3 Å². The third-order valence-electron chi connectivity index (χ3n) is 6.63. The first-order valence-electron chi connectivity index (χ1n) is 12.2. The number of para-hydroxylation sites is 1. The first-order chi connectivity index (χ1) is 17.5. The van der Waals surface area contributed by atoms with Gasteiger partial charge in [-0.15, -0.1) is 5.10 Å². The van der Waals surface area contributed by atoms with E-state index in [2.05, 4.69) is 5.32 Å². The number of carbonyl (C=O) groups excluding carboxylic acids is 1. The molecule has 36 heavy (non-hydrogen) atoms. The van der Waals surface area contributed by atoms with E-state index in [0.717, 1.165) is 36.8 Å². The van der Waals surface area contributed by atoms with Crippen molar-refractivity contribution in [1.29, 1.82) is 0 Å². The Morgan fingerprint density at radius 2 is 1.89 bits per heavy atom. The van der Waals surface area contributed by atoms with Gasteiger partial charge in [0.1, 0.15) is 17.9 Å². The van der Waals surface area contributed by atoms with Gasteiger partial charge in [-0.25, -0.2) is 9.48 Å². The molecular formula is C27H29ClN4O3S. The maximum absolute atomic E-state index is 13.6. The average molecular weight is 525 g/mol. The van der Waals surface area contributed by atoms with Gasteiger partial charge in [0, 0.05) is 22.0 Å². The molecule has 1 saturated carbocycles. The van der Waals surface area contributed by atoms with E-state index in [9.17, 15) is 4.79 Å². The Hall–Kier alpha value is -2.97. The van der Waals surface area contributed by atoms with Crippen LogP contribution in [0.4, 0.5) is 5.95 Å². The summed E-state index contributed by atoms with van der Waals surface area (Å²) in [5.41, 5.74) is 3.06. The van der Waals surface area contributed by atoms with E-state index in [4.69, 9.17) is 31.2 Å². The number of carbonyl (C=O) groups is 1. The van der Waals surface area contributed by atoms with Crippen molar-refractivity contribution in [3.8, 4) is 5.75 Å². The Bertz CT molecular complexity index is 1290. The molecule has 0 radical (unpaired) electrons. The Morgan fingerprint density at radius 1 is 1.14 bits per heavy atom. The van der Waals surface area contributed by atoms with Gasteiger partial charge in [0.05, 0.1) is 12.7 Å². The smallest absolute Gasteiger partial charge is 0.338 e. The van der Waals surface area contributed by atoms with Gasteiger partial charge in [-0.1, -0.05) is 66.2 Å². The monoisotopic (exact) mass is 524 g/mol. The molecule has 1 aromatic heterocycles. The standard InChI is InChI=1S/C27H29ClN4O3S/c1-17-23(25(33)35-19-11-4-3-5-12-19)24(20-13-7-9-15-22(20)34-2)32-26(29-17)30-27(31-32)36-16-18-10-6-8-14-21(18)28/h6-10,13-15,19,24H,3-5,11-12,16H2,1-2H3,(H,29,30,31). The van der Waals surface area contributed by atoms with Crippen LogP contribution >= 0.6 is 23.4 Å². The van der Waals surface area contributed by atoms with Gasteiger partial charge < -0.3 is 14.8 Å². The van der Waals surface area contributed by atoms with Crippen LogP contribution in [0, 0.1) is 0 Å². The minimum Gasteiger partial charge on any atom is -0.496 e. The molecule has 1 unspecified atom stereocenters. The van der Waals surface area contributed by atoms with Crippen LogP contribution in [-0.2, 0) is 15.3 Å². The number of aromatic nitrogens is 3. The lowest BCUT2D eigenvalue weighted by atomic mass is 9.94.